The van der Waals surface area contributed by atoms with Crippen LogP contribution in [0.1, 0.15) is 19.0 Å². The van der Waals surface area contributed by atoms with Gasteiger partial charge in [-0.2, -0.15) is 0 Å². The molecule has 122 valence electrons. The molecule has 2 aromatic rings. The van der Waals surface area contributed by atoms with Crippen molar-refractivity contribution >= 4 is 11.7 Å². The highest BCUT2D eigenvalue weighted by Crippen LogP contribution is 2.16. The molecule has 1 N–H and O–H groups in total. The van der Waals surface area contributed by atoms with Crippen LogP contribution < -0.4 is 10.9 Å². The Bertz CT molecular complexity index is 772. The zero-order valence-electron chi connectivity index (χ0n) is 13.6. The third kappa shape index (κ3) is 3.53. The van der Waals surface area contributed by atoms with E-state index in [4.69, 9.17) is 4.74 Å². The number of esters is 1. The van der Waals surface area contributed by atoms with E-state index in [0.29, 0.717) is 18.0 Å². The fourth-order valence-corrected chi connectivity index (χ4v) is 2.32. The van der Waals surface area contributed by atoms with E-state index in [-0.39, 0.29) is 17.9 Å². The first-order chi connectivity index (χ1) is 11.0. The van der Waals surface area contributed by atoms with E-state index in [1.54, 1.807) is 16.3 Å². The van der Waals surface area contributed by atoms with Gasteiger partial charge >= 0.3 is 5.97 Å². The van der Waals surface area contributed by atoms with Crippen LogP contribution in [-0.2, 0) is 16.6 Å². The Labute approximate surface area is 135 Å². The molecule has 0 aliphatic carbocycles. The number of carbonyl (C=O) groups is 1. The van der Waals surface area contributed by atoms with E-state index in [0.717, 1.165) is 11.4 Å². The van der Waals surface area contributed by atoms with E-state index in [1.165, 1.54) is 0 Å². The highest BCUT2D eigenvalue weighted by Gasteiger charge is 2.17. The number of benzene rings is 1. The topological polar surface area (TPSA) is 65.3 Å². The molecule has 0 bridgehead atoms. The number of nitrogens with one attached hydrogen (secondary N) is 1. The monoisotopic (exact) mass is 315 g/mol. The van der Waals surface area contributed by atoms with Gasteiger partial charge < -0.3 is 10.1 Å². The maximum atomic E-state index is 12.7. The Morgan fingerprint density at radius 3 is 2.57 bits per heavy atom. The van der Waals surface area contributed by atoms with E-state index >= 15 is 0 Å². The normalized spacial score (nSPS) is 10.4. The molecule has 0 aliphatic heterocycles. The molecule has 0 unspecified atom stereocenters. The van der Waals surface area contributed by atoms with Gasteiger partial charge in [0.1, 0.15) is 5.69 Å². The molecule has 0 fully saturated rings. The van der Waals surface area contributed by atoms with Crippen LogP contribution in [0.15, 0.2) is 47.4 Å². The third-order valence-corrected chi connectivity index (χ3v) is 3.52. The van der Waals surface area contributed by atoms with E-state index in [9.17, 15) is 9.59 Å². The van der Waals surface area contributed by atoms with E-state index < -0.39 is 0 Å². The number of hydrogen-bond acceptors (Lipinski definition) is 4. The van der Waals surface area contributed by atoms with Crippen molar-refractivity contribution in [1.82, 2.24) is 9.36 Å². The van der Waals surface area contributed by atoms with Gasteiger partial charge in [-0.1, -0.05) is 24.8 Å². The van der Waals surface area contributed by atoms with Crippen LogP contribution >= 0.6 is 0 Å². The van der Waals surface area contributed by atoms with Gasteiger partial charge in [0.25, 0.3) is 5.56 Å². The second-order valence-corrected chi connectivity index (χ2v) is 5.15. The van der Waals surface area contributed by atoms with Crippen molar-refractivity contribution in [2.45, 2.75) is 20.3 Å². The highest BCUT2D eigenvalue weighted by molar-refractivity contribution is 5.73. The standard InChI is InChI=1S/C17H21N3O3/c1-5-23-15(21)11-12(2)18-16-13(3)19(4)20(17(16)22)14-9-7-6-8-10-14/h6-10,18H,2,5,11H2,1,3-4H3. The number of carbonyl (C=O) groups excluding carboxylic acids is 1. The van der Waals surface area contributed by atoms with Gasteiger partial charge in [-0.05, 0) is 26.0 Å². The molecule has 1 aromatic carbocycles. The molecule has 0 aliphatic rings. The second kappa shape index (κ2) is 7.00. The minimum atomic E-state index is -0.373. The zero-order valence-corrected chi connectivity index (χ0v) is 13.6. The first-order valence-electron chi connectivity index (χ1n) is 7.40. The predicted molar refractivity (Wildman–Crippen MR) is 89.8 cm³/mol. The fourth-order valence-electron chi connectivity index (χ4n) is 2.32. The largest absolute Gasteiger partial charge is 0.466 e. The number of ether oxygens (including phenoxy) is 1. The Hall–Kier alpha value is -2.76. The van der Waals surface area contributed by atoms with Crippen LogP contribution in [0, 0.1) is 6.92 Å². The first-order valence-corrected chi connectivity index (χ1v) is 7.40. The van der Waals surface area contributed by atoms with Crippen molar-refractivity contribution in [1.29, 1.82) is 0 Å². The fraction of sp³-hybridized carbons (Fsp3) is 0.294. The Morgan fingerprint density at radius 2 is 1.96 bits per heavy atom. The molecule has 0 spiro atoms. The lowest BCUT2D eigenvalue weighted by Gasteiger charge is -2.08. The van der Waals surface area contributed by atoms with Crippen molar-refractivity contribution in [3.63, 3.8) is 0 Å². The lowest BCUT2D eigenvalue weighted by molar-refractivity contribution is -0.142. The van der Waals surface area contributed by atoms with Crippen molar-refractivity contribution in [3.05, 3.63) is 58.7 Å². The van der Waals surface area contributed by atoms with E-state index in [2.05, 4.69) is 11.9 Å². The Kier molecular flexibility index (Phi) is 5.05. The summed E-state index contributed by atoms with van der Waals surface area (Å²) in [6, 6.07) is 9.36. The molecule has 0 amide bonds. The molecule has 1 aromatic heterocycles. The second-order valence-electron chi connectivity index (χ2n) is 5.15. The molecule has 0 saturated heterocycles. The number of hydrogen-bond donors (Lipinski definition) is 1. The van der Waals surface area contributed by atoms with Gasteiger partial charge in [-0.3, -0.25) is 14.3 Å². The quantitative estimate of drug-likeness (QED) is 0.831. The van der Waals surface area contributed by atoms with Crippen LogP contribution in [0.3, 0.4) is 0 Å². The van der Waals surface area contributed by atoms with Crippen LogP contribution in [0.2, 0.25) is 0 Å². The summed E-state index contributed by atoms with van der Waals surface area (Å²) in [6.45, 7) is 7.69. The Balaban J connectivity index is 2.30. The van der Waals surface area contributed by atoms with Gasteiger partial charge in [0.2, 0.25) is 0 Å². The van der Waals surface area contributed by atoms with Gasteiger partial charge in [-0.25, -0.2) is 4.68 Å². The zero-order chi connectivity index (χ0) is 17.0. The number of para-hydroxylation sites is 1. The number of aromatic nitrogens is 2. The van der Waals surface area contributed by atoms with E-state index in [1.807, 2.05) is 44.3 Å². The van der Waals surface area contributed by atoms with Crippen LogP contribution in [0.25, 0.3) is 5.69 Å². The minimum Gasteiger partial charge on any atom is -0.466 e. The highest BCUT2D eigenvalue weighted by atomic mass is 16.5. The first kappa shape index (κ1) is 16.6. The smallest absolute Gasteiger partial charge is 0.311 e. The number of nitrogens with zero attached hydrogens (tertiary/aromatic N) is 2. The predicted octanol–water partition coefficient (Wildman–Crippen LogP) is 2.36. The summed E-state index contributed by atoms with van der Waals surface area (Å²) in [5.41, 5.74) is 2.16. The lowest BCUT2D eigenvalue weighted by Crippen LogP contribution is -2.21. The van der Waals surface area contributed by atoms with Crippen LogP contribution in [-0.4, -0.2) is 21.9 Å². The summed E-state index contributed by atoms with van der Waals surface area (Å²) < 4.78 is 8.21. The molecule has 23 heavy (non-hydrogen) atoms. The average molecular weight is 315 g/mol. The molecule has 0 radical (unpaired) electrons. The lowest BCUT2D eigenvalue weighted by atomic mass is 10.3. The molecule has 6 heteroatoms. The molecular weight excluding hydrogens is 294 g/mol. The third-order valence-electron chi connectivity index (χ3n) is 3.52. The summed E-state index contributed by atoms with van der Waals surface area (Å²) in [5, 5.41) is 2.95. The van der Waals surface area contributed by atoms with Gasteiger partial charge in [0, 0.05) is 12.7 Å². The Morgan fingerprint density at radius 1 is 1.30 bits per heavy atom. The summed E-state index contributed by atoms with van der Waals surface area (Å²) in [6.07, 6.45) is 0.0208. The maximum absolute atomic E-state index is 12.7. The van der Waals surface area contributed by atoms with Crippen molar-refractivity contribution in [2.24, 2.45) is 7.05 Å². The SMILES string of the molecule is C=C(CC(=O)OCC)Nc1c(C)n(C)n(-c2ccccc2)c1=O. The van der Waals surface area contributed by atoms with Gasteiger partial charge in [0.05, 0.1) is 24.4 Å². The van der Waals surface area contributed by atoms with Gasteiger partial charge in [-0.15, -0.1) is 0 Å². The summed E-state index contributed by atoms with van der Waals surface area (Å²) in [4.78, 5) is 24.2. The molecule has 0 saturated carbocycles. The van der Waals surface area contributed by atoms with Crippen molar-refractivity contribution in [3.8, 4) is 5.69 Å². The van der Waals surface area contributed by atoms with Crippen molar-refractivity contribution < 1.29 is 9.53 Å². The van der Waals surface area contributed by atoms with Crippen LogP contribution in [0.5, 0.6) is 0 Å². The molecule has 1 heterocycles. The summed E-state index contributed by atoms with van der Waals surface area (Å²) in [7, 11) is 1.81. The number of rotatable bonds is 6. The number of anilines is 1. The average Bonchev–Trinajstić information content (AvgIpc) is 2.72. The molecule has 2 rings (SSSR count). The van der Waals surface area contributed by atoms with Crippen molar-refractivity contribution in [2.75, 3.05) is 11.9 Å². The molecular formula is C17H21N3O3. The molecule has 0 atom stereocenters. The van der Waals surface area contributed by atoms with Crippen LogP contribution in [0.4, 0.5) is 5.69 Å². The molecule has 6 nitrogen and oxygen atoms in total. The summed E-state index contributed by atoms with van der Waals surface area (Å²) >= 11 is 0. The maximum Gasteiger partial charge on any atom is 0.311 e. The minimum absolute atomic E-state index is 0.0208. The van der Waals surface area contributed by atoms with Gasteiger partial charge in [0.15, 0.2) is 0 Å². The summed E-state index contributed by atoms with van der Waals surface area (Å²) in [5.74, 6) is -0.373.